The first-order valence-corrected chi connectivity index (χ1v) is 16.6. The fourth-order valence-corrected chi connectivity index (χ4v) is 7.98. The largest absolute Gasteiger partial charge is 0.333 e. The molecule has 4 nitrogen and oxygen atoms in total. The molecule has 3 aliphatic rings. The summed E-state index contributed by atoms with van der Waals surface area (Å²) < 4.78 is 2.25. The van der Waals surface area contributed by atoms with Crippen LogP contribution in [-0.2, 0) is 6.42 Å². The van der Waals surface area contributed by atoms with E-state index in [2.05, 4.69) is 143 Å². The molecule has 0 N–H and O–H groups in total. The predicted octanol–water partition coefficient (Wildman–Crippen LogP) is 10.6. The Balaban J connectivity index is 1.22. The maximum Gasteiger partial charge on any atom is 0.100 e. The molecule has 0 saturated carbocycles. The fourth-order valence-electron chi connectivity index (χ4n) is 7.98. The van der Waals surface area contributed by atoms with Gasteiger partial charge in [0.2, 0.25) is 0 Å². The van der Waals surface area contributed by atoms with E-state index in [1.807, 2.05) is 36.4 Å². The highest BCUT2D eigenvalue weighted by atomic mass is 15.2. The lowest BCUT2D eigenvalue weighted by Gasteiger charge is -2.30. The molecule has 0 saturated heterocycles. The second kappa shape index (κ2) is 11.6. The van der Waals surface area contributed by atoms with Crippen LogP contribution in [0.5, 0.6) is 0 Å². The van der Waals surface area contributed by atoms with Gasteiger partial charge < -0.3 is 9.47 Å². The van der Waals surface area contributed by atoms with E-state index in [9.17, 15) is 10.5 Å². The molecule has 2 unspecified atom stereocenters. The molecule has 0 bridgehead atoms. The molecule has 2 atom stereocenters. The molecule has 230 valence electrons. The number of hydrogen-bond acceptors (Lipinski definition) is 3. The van der Waals surface area contributed by atoms with Crippen molar-refractivity contribution >= 4 is 28.4 Å². The molecule has 6 aromatic rings. The normalized spacial score (nSPS) is 16.9. The molecule has 0 radical (unpaired) electrons. The van der Waals surface area contributed by atoms with Crippen molar-refractivity contribution in [3.05, 3.63) is 180 Å². The molecular formula is C45H30N4. The van der Waals surface area contributed by atoms with Crippen molar-refractivity contribution in [2.24, 2.45) is 0 Å². The highest BCUT2D eigenvalue weighted by molar-refractivity contribution is 5.93. The van der Waals surface area contributed by atoms with Gasteiger partial charge in [-0.15, -0.1) is 0 Å². The van der Waals surface area contributed by atoms with Gasteiger partial charge in [-0.1, -0.05) is 115 Å². The van der Waals surface area contributed by atoms with Gasteiger partial charge in [0.15, 0.2) is 0 Å². The smallest absolute Gasteiger partial charge is 0.100 e. The van der Waals surface area contributed by atoms with Crippen LogP contribution in [0.4, 0.5) is 11.4 Å². The molecule has 9 rings (SSSR count). The molecule has 0 spiro atoms. The van der Waals surface area contributed by atoms with Crippen LogP contribution in [0.3, 0.4) is 0 Å². The molecule has 4 heteroatoms. The maximum absolute atomic E-state index is 10.9. The summed E-state index contributed by atoms with van der Waals surface area (Å²) in [6.07, 6.45) is 18.1. The number of aromatic nitrogens is 1. The van der Waals surface area contributed by atoms with Crippen LogP contribution in [0.15, 0.2) is 152 Å². The Labute approximate surface area is 285 Å². The zero-order chi connectivity index (χ0) is 32.9. The number of rotatable bonds is 4. The Hall–Kier alpha value is -6.62. The highest BCUT2D eigenvalue weighted by Gasteiger charge is 2.38. The van der Waals surface area contributed by atoms with E-state index < -0.39 is 0 Å². The molecular weight excluding hydrogens is 597 g/mol. The summed E-state index contributed by atoms with van der Waals surface area (Å²) >= 11 is 0. The van der Waals surface area contributed by atoms with Gasteiger partial charge in [0.05, 0.1) is 34.4 Å². The minimum atomic E-state index is 0.142. The minimum Gasteiger partial charge on any atom is -0.333 e. The lowest BCUT2D eigenvalue weighted by Crippen LogP contribution is -2.28. The molecule has 1 aliphatic heterocycles. The first-order valence-electron chi connectivity index (χ1n) is 16.6. The van der Waals surface area contributed by atoms with E-state index in [0.717, 1.165) is 51.3 Å². The van der Waals surface area contributed by atoms with Gasteiger partial charge in [0.1, 0.15) is 6.07 Å². The van der Waals surface area contributed by atoms with Gasteiger partial charge in [-0.05, 0) is 65.6 Å². The number of nitriles is 2. The highest BCUT2D eigenvalue weighted by Crippen LogP contribution is 2.50. The van der Waals surface area contributed by atoms with Gasteiger partial charge in [0, 0.05) is 45.1 Å². The fraction of sp³-hybridized carbons (Fsp3) is 0.0667. The summed E-state index contributed by atoms with van der Waals surface area (Å²) in [6.45, 7) is 0. The molecule has 49 heavy (non-hydrogen) atoms. The lowest BCUT2D eigenvalue weighted by molar-refractivity contribution is 0.745. The number of para-hydroxylation sites is 3. The van der Waals surface area contributed by atoms with Gasteiger partial charge >= 0.3 is 0 Å². The van der Waals surface area contributed by atoms with Gasteiger partial charge in [-0.2, -0.15) is 10.5 Å². The van der Waals surface area contributed by atoms with Crippen molar-refractivity contribution in [2.45, 2.75) is 18.4 Å². The van der Waals surface area contributed by atoms with Crippen LogP contribution in [-0.4, -0.2) is 10.6 Å². The van der Waals surface area contributed by atoms with Crippen LogP contribution in [0, 0.1) is 22.7 Å². The van der Waals surface area contributed by atoms with Crippen molar-refractivity contribution in [2.75, 3.05) is 4.90 Å². The second-order valence-electron chi connectivity index (χ2n) is 12.7. The lowest BCUT2D eigenvalue weighted by atomic mass is 9.90. The number of benzene rings is 5. The second-order valence-corrected chi connectivity index (χ2v) is 12.7. The quantitative estimate of drug-likeness (QED) is 0.196. The Morgan fingerprint density at radius 3 is 2.33 bits per heavy atom. The van der Waals surface area contributed by atoms with Crippen molar-refractivity contribution in [1.29, 1.82) is 10.5 Å². The molecule has 2 aliphatic carbocycles. The molecule has 2 heterocycles. The summed E-state index contributed by atoms with van der Waals surface area (Å²) in [5.41, 5.74) is 12.5. The summed E-state index contributed by atoms with van der Waals surface area (Å²) in [5.74, 6) is 0.258. The molecule has 1 aromatic heterocycles. The minimum absolute atomic E-state index is 0.142. The van der Waals surface area contributed by atoms with Crippen LogP contribution in [0.2, 0.25) is 0 Å². The monoisotopic (exact) mass is 626 g/mol. The predicted molar refractivity (Wildman–Crippen MR) is 199 cm³/mol. The standard InChI is InChI=1S/C45H30N4/c46-28-30-25-31(27-32(26-30)48-41-20-3-1-2-13-36(41)37-15-5-8-21-42(37)48)33-18-12-19-34(40(33)29-47)35-14-4-9-22-43(35)49-44-23-10-6-16-38(44)39-17-7-11-24-45(39)49/h1-12,14-27,38,44H,13H2. The number of anilines is 2. The Morgan fingerprint density at radius 1 is 0.653 bits per heavy atom. The van der Waals surface area contributed by atoms with Gasteiger partial charge in [-0.3, -0.25) is 0 Å². The molecule has 0 fully saturated rings. The Bertz CT molecular complexity index is 2530. The average Bonchev–Trinajstić information content (AvgIpc) is 3.54. The van der Waals surface area contributed by atoms with Crippen LogP contribution < -0.4 is 4.90 Å². The average molecular weight is 627 g/mol. The number of fused-ring (bicyclic) bond motifs is 6. The Morgan fingerprint density at radius 2 is 1.43 bits per heavy atom. The first-order chi connectivity index (χ1) is 24.2. The summed E-state index contributed by atoms with van der Waals surface area (Å²) in [5, 5.41) is 22.3. The number of nitrogens with zero attached hydrogens (tertiary/aromatic N) is 4. The van der Waals surface area contributed by atoms with E-state index >= 15 is 0 Å². The van der Waals surface area contributed by atoms with Crippen LogP contribution in [0.1, 0.15) is 33.9 Å². The van der Waals surface area contributed by atoms with Crippen LogP contribution >= 0.6 is 0 Å². The van der Waals surface area contributed by atoms with Gasteiger partial charge in [0.25, 0.3) is 0 Å². The third-order valence-corrected chi connectivity index (χ3v) is 10.0. The van der Waals surface area contributed by atoms with Crippen LogP contribution in [0.25, 0.3) is 44.9 Å². The van der Waals surface area contributed by atoms with E-state index in [1.54, 1.807) is 0 Å². The first kappa shape index (κ1) is 28.6. The summed E-state index contributed by atoms with van der Waals surface area (Å²) in [4.78, 5) is 2.42. The van der Waals surface area contributed by atoms with E-state index in [1.165, 1.54) is 22.2 Å². The van der Waals surface area contributed by atoms with E-state index in [-0.39, 0.29) is 12.0 Å². The van der Waals surface area contributed by atoms with E-state index in [0.29, 0.717) is 11.1 Å². The molecule has 5 aromatic carbocycles. The summed E-state index contributed by atoms with van der Waals surface area (Å²) in [6, 6.07) is 42.6. The van der Waals surface area contributed by atoms with Crippen molar-refractivity contribution in [3.63, 3.8) is 0 Å². The third kappa shape index (κ3) is 4.50. The maximum atomic E-state index is 10.9. The topological polar surface area (TPSA) is 55.8 Å². The number of allylic oxidation sites excluding steroid dienone is 5. The zero-order valence-electron chi connectivity index (χ0n) is 26.7. The molecule has 0 amide bonds. The zero-order valence-corrected chi connectivity index (χ0v) is 26.7. The van der Waals surface area contributed by atoms with E-state index in [4.69, 9.17) is 0 Å². The third-order valence-electron chi connectivity index (χ3n) is 10.0. The summed E-state index contributed by atoms with van der Waals surface area (Å²) in [7, 11) is 0. The van der Waals surface area contributed by atoms with Crippen molar-refractivity contribution < 1.29 is 0 Å². The SMILES string of the molecule is N#Cc1cc(-c2cccc(-c3ccccc3N3c4ccccc4C4C=CC=CC43)c2C#N)cc(-n2c3c(c4ccccc42)CC=CC=C3)c1. The van der Waals surface area contributed by atoms with Gasteiger partial charge in [-0.25, -0.2) is 0 Å². The number of hydrogen-bond donors (Lipinski definition) is 0. The Kier molecular flexibility index (Phi) is 6.75. The van der Waals surface area contributed by atoms with Crippen molar-refractivity contribution in [3.8, 4) is 40.1 Å². The van der Waals surface area contributed by atoms with Crippen molar-refractivity contribution in [1.82, 2.24) is 4.57 Å².